The molecule has 3 rings (SSSR count). The van der Waals surface area contributed by atoms with E-state index in [4.69, 9.17) is 0 Å². The van der Waals surface area contributed by atoms with Gasteiger partial charge < -0.3 is 5.32 Å². The first kappa shape index (κ1) is 16.7. The summed E-state index contributed by atoms with van der Waals surface area (Å²) in [6.07, 6.45) is 2.50. The summed E-state index contributed by atoms with van der Waals surface area (Å²) in [5.74, 6) is 0.869. The molecule has 3 nitrogen and oxygen atoms in total. The van der Waals surface area contributed by atoms with E-state index in [1.54, 1.807) is 22.7 Å². The van der Waals surface area contributed by atoms with Crippen molar-refractivity contribution in [2.45, 2.75) is 32.7 Å². The summed E-state index contributed by atoms with van der Waals surface area (Å²) in [7, 11) is 0. The summed E-state index contributed by atoms with van der Waals surface area (Å²) < 4.78 is 0. The molecule has 1 saturated heterocycles. The fourth-order valence-corrected chi connectivity index (χ4v) is 4.71. The molecule has 0 radical (unpaired) electrons. The average Bonchev–Trinajstić information content (AvgIpc) is 3.21. The van der Waals surface area contributed by atoms with Crippen molar-refractivity contribution in [1.82, 2.24) is 10.2 Å². The van der Waals surface area contributed by atoms with Crippen LogP contribution in [0.3, 0.4) is 0 Å². The highest BCUT2D eigenvalue weighted by molar-refractivity contribution is 7.14. The van der Waals surface area contributed by atoms with Crippen molar-refractivity contribution >= 4 is 28.6 Å². The highest BCUT2D eigenvalue weighted by atomic mass is 32.1. The van der Waals surface area contributed by atoms with Crippen LogP contribution in [-0.4, -0.2) is 30.4 Å². The van der Waals surface area contributed by atoms with Crippen molar-refractivity contribution in [2.24, 2.45) is 5.92 Å². The summed E-state index contributed by atoms with van der Waals surface area (Å²) in [6, 6.07) is 8.51. The van der Waals surface area contributed by atoms with Gasteiger partial charge in [-0.1, -0.05) is 13.0 Å². The number of carbonyl (C=O) groups excluding carboxylic acids is 1. The normalized spacial score (nSPS) is 18.0. The molecule has 5 heteroatoms. The molecule has 0 aromatic carbocycles. The van der Waals surface area contributed by atoms with E-state index < -0.39 is 0 Å². The van der Waals surface area contributed by atoms with Crippen LogP contribution in [0.2, 0.25) is 0 Å². The van der Waals surface area contributed by atoms with Gasteiger partial charge in [0.1, 0.15) is 0 Å². The van der Waals surface area contributed by atoms with E-state index in [0.717, 1.165) is 23.9 Å². The van der Waals surface area contributed by atoms with Crippen molar-refractivity contribution < 1.29 is 4.79 Å². The van der Waals surface area contributed by atoms with Gasteiger partial charge in [0.05, 0.1) is 10.9 Å². The number of hydrogen-bond acceptors (Lipinski definition) is 4. The molecule has 23 heavy (non-hydrogen) atoms. The molecule has 0 bridgehead atoms. The second-order valence-corrected chi connectivity index (χ2v) is 8.64. The molecule has 1 amide bonds. The smallest absolute Gasteiger partial charge is 0.261 e. The molecule has 1 N–H and O–H groups in total. The van der Waals surface area contributed by atoms with E-state index >= 15 is 0 Å². The lowest BCUT2D eigenvalue weighted by molar-refractivity contribution is 0.0919. The van der Waals surface area contributed by atoms with E-state index in [1.165, 1.54) is 22.6 Å². The van der Waals surface area contributed by atoms with Crippen molar-refractivity contribution in [3.63, 3.8) is 0 Å². The third kappa shape index (κ3) is 4.22. The predicted molar refractivity (Wildman–Crippen MR) is 98.4 cm³/mol. The maximum atomic E-state index is 12.4. The van der Waals surface area contributed by atoms with E-state index in [2.05, 4.69) is 34.7 Å². The van der Waals surface area contributed by atoms with Gasteiger partial charge in [-0.3, -0.25) is 9.69 Å². The van der Waals surface area contributed by atoms with Gasteiger partial charge in [-0.25, -0.2) is 0 Å². The zero-order chi connectivity index (χ0) is 16.2. The van der Waals surface area contributed by atoms with Gasteiger partial charge in [-0.05, 0) is 62.4 Å². The molecule has 3 heterocycles. The lowest BCUT2D eigenvalue weighted by Gasteiger charge is -2.36. The average molecular weight is 349 g/mol. The Hall–Kier alpha value is -1.17. The Balaban J connectivity index is 1.66. The summed E-state index contributed by atoms with van der Waals surface area (Å²) in [5.41, 5.74) is 0. The third-order valence-electron chi connectivity index (χ3n) is 4.55. The van der Waals surface area contributed by atoms with Gasteiger partial charge >= 0.3 is 0 Å². The van der Waals surface area contributed by atoms with Crippen LogP contribution in [-0.2, 0) is 0 Å². The van der Waals surface area contributed by atoms with E-state index in [1.807, 2.05) is 19.1 Å². The molecule has 1 fully saturated rings. The lowest BCUT2D eigenvalue weighted by Crippen LogP contribution is -2.41. The summed E-state index contributed by atoms with van der Waals surface area (Å²) in [6.45, 7) is 7.29. The second kappa shape index (κ2) is 7.60. The minimum Gasteiger partial charge on any atom is -0.349 e. The monoisotopic (exact) mass is 348 g/mol. The van der Waals surface area contributed by atoms with Crippen molar-refractivity contribution in [1.29, 1.82) is 0 Å². The molecular formula is C18H24N2OS2. The number of carbonyl (C=O) groups is 1. The van der Waals surface area contributed by atoms with Crippen LogP contribution < -0.4 is 5.32 Å². The number of amides is 1. The topological polar surface area (TPSA) is 32.3 Å². The number of aryl methyl sites for hydroxylation is 1. The van der Waals surface area contributed by atoms with Crippen LogP contribution in [0.25, 0.3) is 0 Å². The van der Waals surface area contributed by atoms with Gasteiger partial charge in [-0.15, -0.1) is 22.7 Å². The SMILES string of the molecule is Cc1ccc(C(=O)NCC(c2cccs2)N2CCC(C)CC2)s1. The standard InChI is InChI=1S/C18H24N2OS2/c1-13-7-9-20(10-8-13)15(16-4-3-11-22-16)12-19-18(21)17-6-5-14(2)23-17/h3-6,11,13,15H,7-10,12H2,1-2H3,(H,19,21). The number of piperidine rings is 1. The van der Waals surface area contributed by atoms with Crippen molar-refractivity contribution in [3.05, 3.63) is 44.3 Å². The van der Waals surface area contributed by atoms with Gasteiger partial charge in [0.15, 0.2) is 0 Å². The Bertz CT molecular complexity index is 627. The Morgan fingerprint density at radius 3 is 2.74 bits per heavy atom. The Morgan fingerprint density at radius 2 is 2.13 bits per heavy atom. The van der Waals surface area contributed by atoms with E-state index in [9.17, 15) is 4.79 Å². The Kier molecular flexibility index (Phi) is 5.51. The molecule has 2 aromatic heterocycles. The Labute approximate surface area is 146 Å². The molecule has 1 aliphatic rings. The summed E-state index contributed by atoms with van der Waals surface area (Å²) >= 11 is 3.34. The number of hydrogen-bond donors (Lipinski definition) is 1. The highest BCUT2D eigenvalue weighted by Crippen LogP contribution is 2.29. The summed E-state index contributed by atoms with van der Waals surface area (Å²) in [4.78, 5) is 18.2. The number of nitrogens with one attached hydrogen (secondary N) is 1. The first-order valence-corrected chi connectivity index (χ1v) is 9.95. The number of nitrogens with zero attached hydrogens (tertiary/aromatic N) is 1. The molecule has 0 saturated carbocycles. The third-order valence-corrected chi connectivity index (χ3v) is 6.52. The molecule has 1 unspecified atom stereocenters. The number of likely N-dealkylation sites (tertiary alicyclic amines) is 1. The maximum Gasteiger partial charge on any atom is 0.261 e. The molecule has 1 atom stereocenters. The molecule has 2 aromatic rings. The molecular weight excluding hydrogens is 324 g/mol. The van der Waals surface area contributed by atoms with E-state index in [-0.39, 0.29) is 5.91 Å². The number of thiophene rings is 2. The van der Waals surface area contributed by atoms with Crippen molar-refractivity contribution in [3.8, 4) is 0 Å². The van der Waals surface area contributed by atoms with Crippen LogP contribution in [0, 0.1) is 12.8 Å². The van der Waals surface area contributed by atoms with Crippen LogP contribution in [0.15, 0.2) is 29.6 Å². The van der Waals surface area contributed by atoms with Crippen LogP contribution in [0.5, 0.6) is 0 Å². The zero-order valence-electron chi connectivity index (χ0n) is 13.7. The van der Waals surface area contributed by atoms with Crippen molar-refractivity contribution in [2.75, 3.05) is 19.6 Å². The van der Waals surface area contributed by atoms with Crippen LogP contribution in [0.1, 0.15) is 45.2 Å². The Morgan fingerprint density at radius 1 is 1.35 bits per heavy atom. The molecule has 1 aliphatic heterocycles. The maximum absolute atomic E-state index is 12.4. The molecule has 0 spiro atoms. The van der Waals surface area contributed by atoms with Crippen LogP contribution >= 0.6 is 22.7 Å². The summed E-state index contributed by atoms with van der Waals surface area (Å²) in [5, 5.41) is 5.27. The zero-order valence-corrected chi connectivity index (χ0v) is 15.4. The quantitative estimate of drug-likeness (QED) is 0.873. The lowest BCUT2D eigenvalue weighted by atomic mass is 9.97. The fourth-order valence-electron chi connectivity index (χ4n) is 3.06. The number of rotatable bonds is 5. The molecule has 0 aliphatic carbocycles. The van der Waals surface area contributed by atoms with E-state index in [0.29, 0.717) is 12.6 Å². The fraction of sp³-hybridized carbons (Fsp3) is 0.500. The highest BCUT2D eigenvalue weighted by Gasteiger charge is 2.25. The van der Waals surface area contributed by atoms with Gasteiger partial charge in [0.2, 0.25) is 0 Å². The second-order valence-electron chi connectivity index (χ2n) is 6.37. The first-order valence-electron chi connectivity index (χ1n) is 8.25. The minimum absolute atomic E-state index is 0.0510. The first-order chi connectivity index (χ1) is 11.1. The minimum atomic E-state index is 0.0510. The van der Waals surface area contributed by atoms with Crippen LogP contribution in [0.4, 0.5) is 0 Å². The predicted octanol–water partition coefficient (Wildman–Crippen LogP) is 4.32. The largest absolute Gasteiger partial charge is 0.349 e. The van der Waals surface area contributed by atoms with Gasteiger partial charge in [-0.2, -0.15) is 0 Å². The molecule has 124 valence electrons. The van der Waals surface area contributed by atoms with Gasteiger partial charge in [0, 0.05) is 16.3 Å². The van der Waals surface area contributed by atoms with Gasteiger partial charge in [0.25, 0.3) is 5.91 Å².